The number of carbonyl (C=O) groups excluding carboxylic acids is 2. The molecule has 0 atom stereocenters. The van der Waals surface area contributed by atoms with Gasteiger partial charge in [-0.15, -0.1) is 0 Å². The SMILES string of the molecule is Cc1cccc(NC(=O)N2CCN(CC(=O)NC(C)C)CC2)c1. The number of urea groups is 1. The Labute approximate surface area is 137 Å². The van der Waals surface area contributed by atoms with Gasteiger partial charge in [0, 0.05) is 37.9 Å². The van der Waals surface area contributed by atoms with Gasteiger partial charge < -0.3 is 15.5 Å². The number of piperazine rings is 1. The molecule has 23 heavy (non-hydrogen) atoms. The van der Waals surface area contributed by atoms with E-state index in [-0.39, 0.29) is 18.0 Å². The lowest BCUT2D eigenvalue weighted by Gasteiger charge is -2.34. The minimum absolute atomic E-state index is 0.0395. The van der Waals surface area contributed by atoms with Gasteiger partial charge in [0.05, 0.1) is 6.54 Å². The van der Waals surface area contributed by atoms with Gasteiger partial charge in [0.1, 0.15) is 0 Å². The second kappa shape index (κ2) is 7.97. The molecule has 1 saturated heterocycles. The van der Waals surface area contributed by atoms with Gasteiger partial charge in [0.2, 0.25) is 5.91 Å². The van der Waals surface area contributed by atoms with E-state index in [4.69, 9.17) is 0 Å². The fourth-order valence-corrected chi connectivity index (χ4v) is 2.61. The molecule has 6 nitrogen and oxygen atoms in total. The lowest BCUT2D eigenvalue weighted by Crippen LogP contribution is -2.52. The molecule has 2 N–H and O–H groups in total. The molecule has 0 aliphatic carbocycles. The summed E-state index contributed by atoms with van der Waals surface area (Å²) in [6.45, 7) is 8.98. The fraction of sp³-hybridized carbons (Fsp3) is 0.529. The van der Waals surface area contributed by atoms with Crippen molar-refractivity contribution in [2.75, 3.05) is 38.0 Å². The van der Waals surface area contributed by atoms with Gasteiger partial charge in [0.15, 0.2) is 0 Å². The van der Waals surface area contributed by atoms with Crippen molar-refractivity contribution in [3.63, 3.8) is 0 Å². The van der Waals surface area contributed by atoms with Crippen LogP contribution >= 0.6 is 0 Å². The zero-order chi connectivity index (χ0) is 16.8. The molecular formula is C17H26N4O2. The molecule has 1 aromatic carbocycles. The molecule has 126 valence electrons. The van der Waals surface area contributed by atoms with Gasteiger partial charge in [-0.25, -0.2) is 4.79 Å². The van der Waals surface area contributed by atoms with Crippen molar-refractivity contribution in [3.8, 4) is 0 Å². The van der Waals surface area contributed by atoms with Crippen molar-refractivity contribution < 1.29 is 9.59 Å². The number of aryl methyl sites for hydroxylation is 1. The Morgan fingerprint density at radius 3 is 2.48 bits per heavy atom. The summed E-state index contributed by atoms with van der Waals surface area (Å²) in [6, 6.07) is 7.83. The largest absolute Gasteiger partial charge is 0.353 e. The summed E-state index contributed by atoms with van der Waals surface area (Å²) < 4.78 is 0. The van der Waals surface area contributed by atoms with Gasteiger partial charge in [-0.05, 0) is 38.5 Å². The van der Waals surface area contributed by atoms with Crippen molar-refractivity contribution in [3.05, 3.63) is 29.8 Å². The molecule has 0 bridgehead atoms. The summed E-state index contributed by atoms with van der Waals surface area (Å²) >= 11 is 0. The first-order valence-corrected chi connectivity index (χ1v) is 8.08. The third-order valence-electron chi connectivity index (χ3n) is 3.75. The molecule has 2 rings (SSSR count). The summed E-state index contributed by atoms with van der Waals surface area (Å²) in [5.74, 6) is 0.0395. The summed E-state index contributed by atoms with van der Waals surface area (Å²) in [4.78, 5) is 27.9. The molecule has 0 aromatic heterocycles. The molecule has 6 heteroatoms. The van der Waals surface area contributed by atoms with Gasteiger partial charge in [-0.3, -0.25) is 9.69 Å². The van der Waals surface area contributed by atoms with Crippen LogP contribution in [0, 0.1) is 6.92 Å². The van der Waals surface area contributed by atoms with Crippen LogP contribution in [0.15, 0.2) is 24.3 Å². The van der Waals surface area contributed by atoms with E-state index in [0.717, 1.165) is 11.3 Å². The third-order valence-corrected chi connectivity index (χ3v) is 3.75. The number of benzene rings is 1. The van der Waals surface area contributed by atoms with Crippen molar-refractivity contribution in [2.45, 2.75) is 26.8 Å². The van der Waals surface area contributed by atoms with E-state index in [2.05, 4.69) is 15.5 Å². The second-order valence-corrected chi connectivity index (χ2v) is 6.29. The monoisotopic (exact) mass is 318 g/mol. The Bertz CT molecular complexity index is 551. The summed E-state index contributed by atoms with van der Waals surface area (Å²) in [5.41, 5.74) is 1.93. The standard InChI is InChI=1S/C17H26N4O2/c1-13(2)18-16(22)12-20-7-9-21(10-8-20)17(23)19-15-6-4-5-14(3)11-15/h4-6,11,13H,7-10,12H2,1-3H3,(H,18,22)(H,19,23). The average molecular weight is 318 g/mol. The smallest absolute Gasteiger partial charge is 0.321 e. The van der Waals surface area contributed by atoms with Crippen LogP contribution in [0.4, 0.5) is 10.5 Å². The summed E-state index contributed by atoms with van der Waals surface area (Å²) in [7, 11) is 0. The molecule has 1 fully saturated rings. The van der Waals surface area contributed by atoms with Crippen LogP contribution in [0.1, 0.15) is 19.4 Å². The minimum Gasteiger partial charge on any atom is -0.353 e. The van der Waals surface area contributed by atoms with Crippen molar-refractivity contribution in [2.24, 2.45) is 0 Å². The van der Waals surface area contributed by atoms with E-state index in [1.165, 1.54) is 0 Å². The van der Waals surface area contributed by atoms with Gasteiger partial charge >= 0.3 is 6.03 Å². The molecule has 0 saturated carbocycles. The van der Waals surface area contributed by atoms with E-state index >= 15 is 0 Å². The van der Waals surface area contributed by atoms with E-state index in [1.54, 1.807) is 4.90 Å². The normalized spacial score (nSPS) is 15.6. The van der Waals surface area contributed by atoms with E-state index < -0.39 is 0 Å². The Kier molecular flexibility index (Phi) is 5.98. The van der Waals surface area contributed by atoms with E-state index in [9.17, 15) is 9.59 Å². The molecule has 1 heterocycles. The molecule has 0 unspecified atom stereocenters. The number of amides is 3. The minimum atomic E-state index is -0.0816. The Balaban J connectivity index is 1.77. The highest BCUT2D eigenvalue weighted by atomic mass is 16.2. The summed E-state index contributed by atoms with van der Waals surface area (Å²) in [6.07, 6.45) is 0. The van der Waals surface area contributed by atoms with Crippen LogP contribution in [0.25, 0.3) is 0 Å². The first-order chi connectivity index (χ1) is 10.9. The molecule has 1 aromatic rings. The van der Waals surface area contributed by atoms with Crippen LogP contribution in [0.2, 0.25) is 0 Å². The van der Waals surface area contributed by atoms with Crippen LogP contribution in [-0.4, -0.2) is 60.5 Å². The number of carbonyl (C=O) groups is 2. The number of nitrogens with one attached hydrogen (secondary N) is 2. The number of rotatable bonds is 4. The lowest BCUT2D eigenvalue weighted by atomic mass is 10.2. The number of hydrogen-bond donors (Lipinski definition) is 2. The van der Waals surface area contributed by atoms with Crippen LogP contribution in [0.5, 0.6) is 0 Å². The fourth-order valence-electron chi connectivity index (χ4n) is 2.61. The van der Waals surface area contributed by atoms with E-state index in [1.807, 2.05) is 45.0 Å². The Morgan fingerprint density at radius 1 is 1.17 bits per heavy atom. The number of hydrogen-bond acceptors (Lipinski definition) is 3. The molecule has 3 amide bonds. The highest BCUT2D eigenvalue weighted by Crippen LogP contribution is 2.11. The predicted molar refractivity (Wildman–Crippen MR) is 91.5 cm³/mol. The molecular weight excluding hydrogens is 292 g/mol. The van der Waals surface area contributed by atoms with Gasteiger partial charge in [-0.1, -0.05) is 12.1 Å². The second-order valence-electron chi connectivity index (χ2n) is 6.29. The highest BCUT2D eigenvalue weighted by molar-refractivity contribution is 5.89. The van der Waals surface area contributed by atoms with Crippen LogP contribution in [0.3, 0.4) is 0 Å². The summed E-state index contributed by atoms with van der Waals surface area (Å²) in [5, 5.41) is 5.81. The van der Waals surface area contributed by atoms with Crippen molar-refractivity contribution >= 4 is 17.6 Å². The molecule has 1 aliphatic rings. The topological polar surface area (TPSA) is 64.7 Å². The Morgan fingerprint density at radius 2 is 1.87 bits per heavy atom. The number of anilines is 1. The van der Waals surface area contributed by atoms with Crippen LogP contribution < -0.4 is 10.6 Å². The lowest BCUT2D eigenvalue weighted by molar-refractivity contribution is -0.123. The van der Waals surface area contributed by atoms with Crippen LogP contribution in [-0.2, 0) is 4.79 Å². The quantitative estimate of drug-likeness (QED) is 0.887. The highest BCUT2D eigenvalue weighted by Gasteiger charge is 2.22. The predicted octanol–water partition coefficient (Wildman–Crippen LogP) is 1.67. The third kappa shape index (κ3) is 5.56. The van der Waals surface area contributed by atoms with Gasteiger partial charge in [-0.2, -0.15) is 0 Å². The number of nitrogens with zero attached hydrogens (tertiary/aromatic N) is 2. The maximum Gasteiger partial charge on any atom is 0.321 e. The van der Waals surface area contributed by atoms with E-state index in [0.29, 0.717) is 32.7 Å². The zero-order valence-corrected chi connectivity index (χ0v) is 14.1. The molecule has 0 radical (unpaired) electrons. The zero-order valence-electron chi connectivity index (χ0n) is 14.1. The van der Waals surface area contributed by atoms with Crippen molar-refractivity contribution in [1.82, 2.24) is 15.1 Å². The Hall–Kier alpha value is -2.08. The first-order valence-electron chi connectivity index (χ1n) is 8.08. The molecule has 0 spiro atoms. The molecule has 1 aliphatic heterocycles. The maximum atomic E-state index is 12.3. The average Bonchev–Trinajstić information content (AvgIpc) is 2.47. The maximum absolute atomic E-state index is 12.3. The van der Waals surface area contributed by atoms with Gasteiger partial charge in [0.25, 0.3) is 0 Å². The first kappa shape index (κ1) is 17.3. The van der Waals surface area contributed by atoms with Crippen molar-refractivity contribution in [1.29, 1.82) is 0 Å².